The summed E-state index contributed by atoms with van der Waals surface area (Å²) in [4.78, 5) is 12.0. The second-order valence-electron chi connectivity index (χ2n) is 4.44. The molecule has 0 heterocycles. The number of alkyl halides is 1. The molecule has 1 N–H and O–H groups in total. The highest BCUT2D eigenvalue weighted by Gasteiger charge is 2.24. The summed E-state index contributed by atoms with van der Waals surface area (Å²) in [5.74, 6) is -0.673. The third-order valence-corrected chi connectivity index (χ3v) is 4.06. The molecule has 1 rings (SSSR count). The predicted molar refractivity (Wildman–Crippen MR) is 78.7 cm³/mol. The molecule has 100 valence electrons. The number of carbonyl (C=O) groups excluding carboxylic acids is 1. The summed E-state index contributed by atoms with van der Waals surface area (Å²) in [5, 5.41) is 3.77. The molecule has 1 aromatic rings. The molecule has 0 aromatic heterocycles. The molecule has 0 aliphatic heterocycles. The molecule has 1 aromatic carbocycles. The smallest absolute Gasteiger partial charge is 0.251 e. The largest absolute Gasteiger partial charge is 0.347 e. The quantitative estimate of drug-likeness (QED) is 0.759. The number of carbonyl (C=O) groups is 1. The van der Waals surface area contributed by atoms with Crippen molar-refractivity contribution in [1.29, 1.82) is 0 Å². The summed E-state index contributed by atoms with van der Waals surface area (Å²) < 4.78 is 13.7. The van der Waals surface area contributed by atoms with Crippen molar-refractivity contribution >= 4 is 37.8 Å². The Hall–Kier alpha value is -0.420. The van der Waals surface area contributed by atoms with Crippen LogP contribution in [0.15, 0.2) is 22.7 Å². The van der Waals surface area contributed by atoms with Gasteiger partial charge in [-0.25, -0.2) is 4.39 Å². The van der Waals surface area contributed by atoms with Gasteiger partial charge in [0, 0.05) is 16.4 Å². The van der Waals surface area contributed by atoms with E-state index in [9.17, 15) is 9.18 Å². The van der Waals surface area contributed by atoms with Crippen LogP contribution in [0.5, 0.6) is 0 Å². The number of hydrogen-bond acceptors (Lipinski definition) is 1. The topological polar surface area (TPSA) is 29.1 Å². The summed E-state index contributed by atoms with van der Waals surface area (Å²) in [6, 6.07) is 4.38. The number of amides is 1. The van der Waals surface area contributed by atoms with Gasteiger partial charge in [0.2, 0.25) is 0 Å². The van der Waals surface area contributed by atoms with Gasteiger partial charge in [0.1, 0.15) is 5.82 Å². The van der Waals surface area contributed by atoms with Crippen molar-refractivity contribution in [3.63, 3.8) is 0 Å². The SMILES string of the molecule is CCC(C)(CCBr)NC(=O)c1ccc(Br)c(F)c1. The van der Waals surface area contributed by atoms with Crippen LogP contribution in [-0.4, -0.2) is 16.8 Å². The minimum Gasteiger partial charge on any atom is -0.347 e. The van der Waals surface area contributed by atoms with Gasteiger partial charge in [0.15, 0.2) is 0 Å². The molecule has 0 saturated carbocycles. The summed E-state index contributed by atoms with van der Waals surface area (Å²) in [5.41, 5.74) is 0.0642. The summed E-state index contributed by atoms with van der Waals surface area (Å²) in [6.07, 6.45) is 1.65. The van der Waals surface area contributed by atoms with Crippen molar-refractivity contribution in [2.45, 2.75) is 32.2 Å². The first-order valence-electron chi connectivity index (χ1n) is 5.75. The van der Waals surface area contributed by atoms with Crippen LogP contribution < -0.4 is 5.32 Å². The third kappa shape index (κ3) is 4.05. The zero-order valence-electron chi connectivity index (χ0n) is 10.4. The lowest BCUT2D eigenvalue weighted by Gasteiger charge is -2.29. The van der Waals surface area contributed by atoms with E-state index in [1.165, 1.54) is 12.1 Å². The second-order valence-corrected chi connectivity index (χ2v) is 6.08. The number of hydrogen-bond donors (Lipinski definition) is 1. The molecule has 1 unspecified atom stereocenters. The molecule has 18 heavy (non-hydrogen) atoms. The maximum Gasteiger partial charge on any atom is 0.251 e. The van der Waals surface area contributed by atoms with E-state index in [2.05, 4.69) is 37.2 Å². The standard InChI is InChI=1S/C13H16Br2FNO/c1-3-13(2,6-7-14)17-12(18)9-4-5-10(15)11(16)8-9/h4-5,8H,3,6-7H2,1-2H3,(H,17,18). The first-order chi connectivity index (χ1) is 8.41. The van der Waals surface area contributed by atoms with Crippen molar-refractivity contribution < 1.29 is 9.18 Å². The van der Waals surface area contributed by atoms with E-state index in [-0.39, 0.29) is 11.4 Å². The number of rotatable bonds is 5. The molecule has 1 amide bonds. The fourth-order valence-electron chi connectivity index (χ4n) is 1.52. The summed E-state index contributed by atoms with van der Waals surface area (Å²) in [7, 11) is 0. The van der Waals surface area contributed by atoms with Gasteiger partial charge in [0.05, 0.1) is 4.47 Å². The Bertz CT molecular complexity index is 439. The molecule has 0 bridgehead atoms. The lowest BCUT2D eigenvalue weighted by molar-refractivity contribution is 0.0901. The third-order valence-electron chi connectivity index (χ3n) is 3.02. The molecule has 1 atom stereocenters. The Kier molecular flexibility index (Phi) is 5.79. The van der Waals surface area contributed by atoms with Gasteiger partial charge in [-0.1, -0.05) is 22.9 Å². The van der Waals surface area contributed by atoms with Crippen molar-refractivity contribution in [2.75, 3.05) is 5.33 Å². The molecule has 5 heteroatoms. The Morgan fingerprint density at radius 3 is 2.67 bits per heavy atom. The Morgan fingerprint density at radius 2 is 2.17 bits per heavy atom. The van der Waals surface area contributed by atoms with Crippen molar-refractivity contribution in [2.24, 2.45) is 0 Å². The van der Waals surface area contributed by atoms with Crippen LogP contribution in [-0.2, 0) is 0 Å². The Balaban J connectivity index is 2.84. The highest BCUT2D eigenvalue weighted by atomic mass is 79.9. The average molecular weight is 381 g/mol. The zero-order valence-corrected chi connectivity index (χ0v) is 13.6. The number of nitrogens with one attached hydrogen (secondary N) is 1. The first kappa shape index (κ1) is 15.6. The highest BCUT2D eigenvalue weighted by Crippen LogP contribution is 2.19. The van der Waals surface area contributed by atoms with Gasteiger partial charge < -0.3 is 5.32 Å². The van der Waals surface area contributed by atoms with Crippen molar-refractivity contribution in [3.05, 3.63) is 34.1 Å². The van der Waals surface area contributed by atoms with E-state index in [0.29, 0.717) is 10.0 Å². The van der Waals surface area contributed by atoms with E-state index in [4.69, 9.17) is 0 Å². The monoisotopic (exact) mass is 379 g/mol. The van der Waals surface area contributed by atoms with Crippen LogP contribution >= 0.6 is 31.9 Å². The maximum atomic E-state index is 13.4. The van der Waals surface area contributed by atoms with Crippen molar-refractivity contribution in [1.82, 2.24) is 5.32 Å². The molecule has 0 spiro atoms. The minimum absolute atomic E-state index is 0.244. The van der Waals surface area contributed by atoms with Crippen molar-refractivity contribution in [3.8, 4) is 0 Å². The van der Waals surface area contributed by atoms with E-state index in [1.807, 2.05) is 13.8 Å². The van der Waals surface area contributed by atoms with Crippen LogP contribution in [0.2, 0.25) is 0 Å². The van der Waals surface area contributed by atoms with Gasteiger partial charge in [-0.3, -0.25) is 4.79 Å². The summed E-state index contributed by atoms with van der Waals surface area (Å²) >= 11 is 6.44. The van der Waals surface area contributed by atoms with Crippen LogP contribution in [0.1, 0.15) is 37.0 Å². The fraction of sp³-hybridized carbons (Fsp3) is 0.462. The Morgan fingerprint density at radius 1 is 1.50 bits per heavy atom. The molecular formula is C13H16Br2FNO. The molecule has 0 radical (unpaired) electrons. The van der Waals surface area contributed by atoms with Crippen LogP contribution in [0, 0.1) is 5.82 Å². The first-order valence-corrected chi connectivity index (χ1v) is 7.67. The number of benzene rings is 1. The van der Waals surface area contributed by atoms with Gasteiger partial charge in [-0.2, -0.15) is 0 Å². The van der Waals surface area contributed by atoms with Crippen LogP contribution in [0.25, 0.3) is 0 Å². The molecule has 2 nitrogen and oxygen atoms in total. The van der Waals surface area contributed by atoms with E-state index in [0.717, 1.165) is 18.2 Å². The fourth-order valence-corrected chi connectivity index (χ4v) is 2.64. The van der Waals surface area contributed by atoms with Gasteiger partial charge in [-0.15, -0.1) is 0 Å². The van der Waals surface area contributed by atoms with E-state index in [1.54, 1.807) is 6.07 Å². The molecule has 0 aliphatic rings. The molecule has 0 fully saturated rings. The lowest BCUT2D eigenvalue weighted by atomic mass is 9.95. The Labute approximate surface area is 124 Å². The number of halogens is 3. The zero-order chi connectivity index (χ0) is 13.8. The van der Waals surface area contributed by atoms with Gasteiger partial charge in [0.25, 0.3) is 5.91 Å². The highest BCUT2D eigenvalue weighted by molar-refractivity contribution is 9.10. The van der Waals surface area contributed by atoms with E-state index < -0.39 is 5.82 Å². The van der Waals surface area contributed by atoms with Crippen LogP contribution in [0.3, 0.4) is 0 Å². The second kappa shape index (κ2) is 6.66. The minimum atomic E-state index is -0.429. The average Bonchev–Trinajstić information content (AvgIpc) is 2.32. The summed E-state index contributed by atoms with van der Waals surface area (Å²) in [6.45, 7) is 4.01. The normalized spacial score (nSPS) is 14.1. The van der Waals surface area contributed by atoms with E-state index >= 15 is 0 Å². The molecule has 0 aliphatic carbocycles. The van der Waals surface area contributed by atoms with Crippen LogP contribution in [0.4, 0.5) is 4.39 Å². The maximum absolute atomic E-state index is 13.4. The predicted octanol–water partition coefficient (Wildman–Crippen LogP) is 4.27. The molecule has 0 saturated heterocycles. The lowest BCUT2D eigenvalue weighted by Crippen LogP contribution is -2.45. The molecular weight excluding hydrogens is 365 g/mol. The van der Waals surface area contributed by atoms with Gasteiger partial charge in [-0.05, 0) is 53.9 Å². The van der Waals surface area contributed by atoms with Gasteiger partial charge >= 0.3 is 0 Å².